The molecule has 2 fully saturated rings. The SMILES string of the molecule is C[C@H]1CN2CCC[C@@]2(COC(=N)N)C1. The van der Waals surface area contributed by atoms with E-state index < -0.39 is 0 Å². The second kappa shape index (κ2) is 3.42. The summed E-state index contributed by atoms with van der Waals surface area (Å²) in [5, 5.41) is 7.09. The number of fused-ring (bicyclic) bond motifs is 1. The van der Waals surface area contributed by atoms with Crippen molar-refractivity contribution in [2.24, 2.45) is 11.7 Å². The summed E-state index contributed by atoms with van der Waals surface area (Å²) >= 11 is 0. The molecule has 0 aromatic rings. The Balaban J connectivity index is 2.01. The Hall–Kier alpha value is -0.770. The average Bonchev–Trinajstić information content (AvgIpc) is 2.56. The Morgan fingerprint density at radius 2 is 2.50 bits per heavy atom. The molecule has 0 aromatic carbocycles. The molecular formula is C10H19N3O. The molecule has 0 saturated carbocycles. The second-order valence-electron chi connectivity index (χ2n) is 4.74. The van der Waals surface area contributed by atoms with Crippen molar-refractivity contribution in [3.63, 3.8) is 0 Å². The van der Waals surface area contributed by atoms with Gasteiger partial charge in [0.25, 0.3) is 6.02 Å². The standard InChI is InChI=1S/C10H19N3O/c1-8-5-10(7-14-9(11)12)3-2-4-13(10)6-8/h8H,2-7H2,1H3,(H3,11,12)/t8-,10+/m1/s1. The number of nitrogens with one attached hydrogen (secondary N) is 1. The third-order valence-corrected chi connectivity index (χ3v) is 3.50. The van der Waals surface area contributed by atoms with Crippen LogP contribution < -0.4 is 5.73 Å². The zero-order chi connectivity index (χ0) is 10.2. The summed E-state index contributed by atoms with van der Waals surface area (Å²) in [5.41, 5.74) is 5.43. The molecule has 0 bridgehead atoms. The molecular weight excluding hydrogens is 178 g/mol. The first kappa shape index (κ1) is 9.77. The first-order valence-electron chi connectivity index (χ1n) is 5.34. The topological polar surface area (TPSA) is 62.3 Å². The molecule has 2 aliphatic heterocycles. The van der Waals surface area contributed by atoms with E-state index in [0.717, 1.165) is 5.92 Å². The highest BCUT2D eigenvalue weighted by Crippen LogP contribution is 2.41. The molecule has 0 unspecified atom stereocenters. The molecule has 4 nitrogen and oxygen atoms in total. The van der Waals surface area contributed by atoms with Crippen LogP contribution in [0.25, 0.3) is 0 Å². The van der Waals surface area contributed by atoms with Gasteiger partial charge in [0.2, 0.25) is 0 Å². The molecule has 3 N–H and O–H groups in total. The molecule has 0 amide bonds. The van der Waals surface area contributed by atoms with E-state index in [2.05, 4.69) is 11.8 Å². The highest BCUT2D eigenvalue weighted by atomic mass is 16.5. The Labute approximate surface area is 84.9 Å². The molecule has 80 valence electrons. The van der Waals surface area contributed by atoms with Gasteiger partial charge in [0.05, 0.1) is 5.54 Å². The summed E-state index contributed by atoms with van der Waals surface area (Å²) in [7, 11) is 0. The monoisotopic (exact) mass is 197 g/mol. The Morgan fingerprint density at radius 3 is 3.21 bits per heavy atom. The van der Waals surface area contributed by atoms with E-state index in [1.807, 2.05) is 0 Å². The summed E-state index contributed by atoms with van der Waals surface area (Å²) in [4.78, 5) is 2.51. The maximum atomic E-state index is 7.09. The van der Waals surface area contributed by atoms with E-state index in [-0.39, 0.29) is 11.6 Å². The van der Waals surface area contributed by atoms with Crippen LogP contribution in [0.5, 0.6) is 0 Å². The fourth-order valence-corrected chi connectivity index (χ4v) is 3.03. The lowest BCUT2D eigenvalue weighted by Gasteiger charge is -2.31. The van der Waals surface area contributed by atoms with Crippen molar-refractivity contribution in [1.29, 1.82) is 5.41 Å². The summed E-state index contributed by atoms with van der Waals surface area (Å²) in [6.07, 6.45) is 3.65. The van der Waals surface area contributed by atoms with Crippen LogP contribution in [0.2, 0.25) is 0 Å². The van der Waals surface area contributed by atoms with Gasteiger partial charge >= 0.3 is 0 Å². The van der Waals surface area contributed by atoms with Gasteiger partial charge in [-0.05, 0) is 31.7 Å². The number of nitrogens with zero attached hydrogens (tertiary/aromatic N) is 1. The lowest BCUT2D eigenvalue weighted by atomic mass is 9.92. The van der Waals surface area contributed by atoms with E-state index in [9.17, 15) is 0 Å². The minimum Gasteiger partial charge on any atom is -0.464 e. The van der Waals surface area contributed by atoms with Crippen LogP contribution in [0.15, 0.2) is 0 Å². The number of amidine groups is 1. The van der Waals surface area contributed by atoms with Crippen molar-refractivity contribution >= 4 is 6.02 Å². The van der Waals surface area contributed by atoms with Gasteiger partial charge in [-0.2, -0.15) is 0 Å². The number of ether oxygens (including phenoxy) is 1. The summed E-state index contributed by atoms with van der Waals surface area (Å²) < 4.78 is 5.20. The van der Waals surface area contributed by atoms with Crippen LogP contribution in [0, 0.1) is 11.3 Å². The third kappa shape index (κ3) is 1.59. The predicted octanol–water partition coefficient (Wildman–Crippen LogP) is 0.771. The molecule has 2 saturated heterocycles. The van der Waals surface area contributed by atoms with Crippen molar-refractivity contribution in [1.82, 2.24) is 4.90 Å². The fraction of sp³-hybridized carbons (Fsp3) is 0.900. The van der Waals surface area contributed by atoms with E-state index in [4.69, 9.17) is 15.9 Å². The molecule has 14 heavy (non-hydrogen) atoms. The first-order valence-corrected chi connectivity index (χ1v) is 5.34. The average molecular weight is 197 g/mol. The summed E-state index contributed by atoms with van der Waals surface area (Å²) in [6, 6.07) is -0.147. The highest BCUT2D eigenvalue weighted by Gasteiger charge is 2.47. The lowest BCUT2D eigenvalue weighted by Crippen LogP contribution is -2.43. The zero-order valence-electron chi connectivity index (χ0n) is 8.75. The summed E-state index contributed by atoms with van der Waals surface area (Å²) in [5.74, 6) is 0.755. The minimum atomic E-state index is -0.147. The van der Waals surface area contributed by atoms with Crippen LogP contribution in [0.3, 0.4) is 0 Å². The van der Waals surface area contributed by atoms with Crippen molar-refractivity contribution in [3.8, 4) is 0 Å². The number of hydrogen-bond acceptors (Lipinski definition) is 3. The van der Waals surface area contributed by atoms with E-state index >= 15 is 0 Å². The molecule has 0 radical (unpaired) electrons. The second-order valence-corrected chi connectivity index (χ2v) is 4.74. The molecule has 2 rings (SSSR count). The molecule has 4 heteroatoms. The molecule has 0 aliphatic carbocycles. The molecule has 0 spiro atoms. The maximum absolute atomic E-state index is 7.09. The van der Waals surface area contributed by atoms with Crippen molar-refractivity contribution in [3.05, 3.63) is 0 Å². The van der Waals surface area contributed by atoms with E-state index in [1.165, 1.54) is 32.4 Å². The highest BCUT2D eigenvalue weighted by molar-refractivity contribution is 5.67. The van der Waals surface area contributed by atoms with Gasteiger partial charge in [0.15, 0.2) is 0 Å². The van der Waals surface area contributed by atoms with Gasteiger partial charge in [-0.3, -0.25) is 10.3 Å². The van der Waals surface area contributed by atoms with Gasteiger partial charge in [0, 0.05) is 6.54 Å². The third-order valence-electron chi connectivity index (χ3n) is 3.50. The van der Waals surface area contributed by atoms with Crippen molar-refractivity contribution in [2.45, 2.75) is 31.7 Å². The van der Waals surface area contributed by atoms with Crippen LogP contribution in [-0.2, 0) is 4.74 Å². The largest absolute Gasteiger partial charge is 0.464 e. The Morgan fingerprint density at radius 1 is 1.71 bits per heavy atom. The lowest BCUT2D eigenvalue weighted by molar-refractivity contribution is 0.105. The molecule has 0 aromatic heterocycles. The van der Waals surface area contributed by atoms with Crippen molar-refractivity contribution < 1.29 is 4.74 Å². The van der Waals surface area contributed by atoms with Gasteiger partial charge in [-0.1, -0.05) is 6.92 Å². The first-order chi connectivity index (χ1) is 6.62. The van der Waals surface area contributed by atoms with Crippen molar-refractivity contribution in [2.75, 3.05) is 19.7 Å². The number of hydrogen-bond donors (Lipinski definition) is 2. The number of nitrogens with two attached hydrogens (primary N) is 1. The maximum Gasteiger partial charge on any atom is 0.279 e. The predicted molar refractivity (Wildman–Crippen MR) is 55.2 cm³/mol. The normalized spacial score (nSPS) is 37.1. The Bertz CT molecular complexity index is 244. The number of rotatable bonds is 2. The van der Waals surface area contributed by atoms with Crippen LogP contribution in [0.4, 0.5) is 0 Å². The van der Waals surface area contributed by atoms with E-state index in [1.54, 1.807) is 0 Å². The molecule has 2 heterocycles. The summed E-state index contributed by atoms with van der Waals surface area (Å²) in [6.45, 7) is 5.26. The van der Waals surface area contributed by atoms with Crippen LogP contribution in [0.1, 0.15) is 26.2 Å². The minimum absolute atomic E-state index is 0.147. The van der Waals surface area contributed by atoms with Gasteiger partial charge in [-0.25, -0.2) is 0 Å². The smallest absolute Gasteiger partial charge is 0.279 e. The van der Waals surface area contributed by atoms with Gasteiger partial charge in [-0.15, -0.1) is 0 Å². The van der Waals surface area contributed by atoms with E-state index in [0.29, 0.717) is 6.61 Å². The fourth-order valence-electron chi connectivity index (χ4n) is 3.03. The zero-order valence-corrected chi connectivity index (χ0v) is 8.75. The van der Waals surface area contributed by atoms with Gasteiger partial charge in [0.1, 0.15) is 6.61 Å². The molecule has 2 aliphatic rings. The Kier molecular flexibility index (Phi) is 2.39. The van der Waals surface area contributed by atoms with Crippen LogP contribution in [-0.4, -0.2) is 36.2 Å². The van der Waals surface area contributed by atoms with Gasteiger partial charge < -0.3 is 10.5 Å². The quantitative estimate of drug-likeness (QED) is 0.508. The van der Waals surface area contributed by atoms with Crippen LogP contribution >= 0.6 is 0 Å². The molecule has 2 atom stereocenters.